The topological polar surface area (TPSA) is 72.0 Å². The first-order chi connectivity index (χ1) is 13.2. The predicted octanol–water partition coefficient (Wildman–Crippen LogP) is 2.18. The van der Waals surface area contributed by atoms with Crippen LogP contribution in [0.4, 0.5) is 5.82 Å². The second-order valence-electron chi connectivity index (χ2n) is 6.58. The Labute approximate surface area is 157 Å². The average molecular weight is 367 g/mol. The van der Waals surface area contributed by atoms with Crippen molar-refractivity contribution >= 4 is 17.6 Å². The maximum atomic E-state index is 13.1. The Kier molecular flexibility index (Phi) is 4.66. The summed E-state index contributed by atoms with van der Waals surface area (Å²) < 4.78 is 10.9. The number of nitrogens with zero attached hydrogens (tertiary/aromatic N) is 3. The number of para-hydroxylation sites is 1. The van der Waals surface area contributed by atoms with E-state index in [2.05, 4.69) is 4.98 Å². The van der Waals surface area contributed by atoms with Gasteiger partial charge in [0.25, 0.3) is 5.91 Å². The fourth-order valence-corrected chi connectivity index (χ4v) is 3.75. The van der Waals surface area contributed by atoms with Crippen LogP contribution >= 0.6 is 0 Å². The molecule has 0 saturated carbocycles. The Bertz CT molecular complexity index is 870. The minimum absolute atomic E-state index is 0.0438. The molecule has 140 valence electrons. The molecule has 7 nitrogen and oxygen atoms in total. The molecular weight excluding hydrogens is 346 g/mol. The third kappa shape index (κ3) is 3.20. The molecular formula is C20H21N3O4. The number of aromatic nitrogens is 1. The summed E-state index contributed by atoms with van der Waals surface area (Å²) >= 11 is 0. The monoisotopic (exact) mass is 367 g/mol. The number of ether oxygens (including phenoxy) is 2. The number of hydrogen-bond donors (Lipinski definition) is 0. The zero-order chi connectivity index (χ0) is 18.8. The van der Waals surface area contributed by atoms with E-state index in [1.165, 1.54) is 4.90 Å². The standard InChI is InChI=1S/C20H21N3O4/c1-26-16-8-3-2-6-14(16)15-7-5-11-22(15)18(24)12-23-19(25)13-27-17-9-4-10-21-20(17)23/h2-4,6,8-10,15H,5,7,11-13H2,1H3/t15-/m1/s1. The van der Waals surface area contributed by atoms with Crippen LogP contribution in [0.15, 0.2) is 42.6 Å². The number of fused-ring (bicyclic) bond motifs is 1. The van der Waals surface area contributed by atoms with Crippen LogP contribution in [0.1, 0.15) is 24.4 Å². The molecule has 1 fully saturated rings. The lowest BCUT2D eigenvalue weighted by molar-refractivity contribution is -0.132. The third-order valence-electron chi connectivity index (χ3n) is 5.02. The number of methoxy groups -OCH3 is 1. The number of hydrogen-bond acceptors (Lipinski definition) is 5. The molecule has 1 saturated heterocycles. The predicted molar refractivity (Wildman–Crippen MR) is 98.8 cm³/mol. The Morgan fingerprint density at radius 2 is 2.15 bits per heavy atom. The minimum atomic E-state index is -0.261. The van der Waals surface area contributed by atoms with Gasteiger partial charge >= 0.3 is 0 Å². The van der Waals surface area contributed by atoms with Gasteiger partial charge in [-0.05, 0) is 31.0 Å². The summed E-state index contributed by atoms with van der Waals surface area (Å²) in [6.45, 7) is 0.537. The fraction of sp³-hybridized carbons (Fsp3) is 0.350. The molecule has 2 aromatic rings. The molecule has 2 aliphatic heterocycles. The van der Waals surface area contributed by atoms with E-state index in [0.29, 0.717) is 18.1 Å². The molecule has 1 atom stereocenters. The Hall–Kier alpha value is -3.09. The molecule has 27 heavy (non-hydrogen) atoms. The van der Waals surface area contributed by atoms with E-state index in [1.807, 2.05) is 29.2 Å². The van der Waals surface area contributed by atoms with Gasteiger partial charge in [-0.1, -0.05) is 18.2 Å². The van der Waals surface area contributed by atoms with Crippen LogP contribution in [0.3, 0.4) is 0 Å². The van der Waals surface area contributed by atoms with Crippen molar-refractivity contribution in [2.75, 3.05) is 31.7 Å². The molecule has 0 unspecified atom stereocenters. The zero-order valence-corrected chi connectivity index (χ0v) is 15.1. The number of amides is 2. The van der Waals surface area contributed by atoms with E-state index in [9.17, 15) is 9.59 Å². The van der Waals surface area contributed by atoms with E-state index in [1.54, 1.807) is 25.4 Å². The highest BCUT2D eigenvalue weighted by atomic mass is 16.5. The summed E-state index contributed by atoms with van der Waals surface area (Å²) in [5.41, 5.74) is 0.998. The number of likely N-dealkylation sites (tertiary alicyclic amines) is 1. The third-order valence-corrected chi connectivity index (χ3v) is 5.02. The number of pyridine rings is 1. The van der Waals surface area contributed by atoms with E-state index in [4.69, 9.17) is 9.47 Å². The van der Waals surface area contributed by atoms with Crippen LogP contribution in [0.25, 0.3) is 0 Å². The van der Waals surface area contributed by atoms with Crippen molar-refractivity contribution in [1.29, 1.82) is 0 Å². The molecule has 0 radical (unpaired) electrons. The highest BCUT2D eigenvalue weighted by Gasteiger charge is 2.35. The van der Waals surface area contributed by atoms with Crippen LogP contribution in [-0.2, 0) is 9.59 Å². The van der Waals surface area contributed by atoms with Gasteiger partial charge < -0.3 is 14.4 Å². The van der Waals surface area contributed by atoms with Gasteiger partial charge in [0.1, 0.15) is 12.3 Å². The largest absolute Gasteiger partial charge is 0.496 e. The molecule has 0 aliphatic carbocycles. The highest BCUT2D eigenvalue weighted by Crippen LogP contribution is 2.37. The highest BCUT2D eigenvalue weighted by molar-refractivity contribution is 6.01. The second-order valence-corrected chi connectivity index (χ2v) is 6.58. The van der Waals surface area contributed by atoms with Crippen molar-refractivity contribution in [2.24, 2.45) is 0 Å². The SMILES string of the molecule is COc1ccccc1[C@H]1CCCN1C(=O)CN1C(=O)COc2cccnc21. The van der Waals surface area contributed by atoms with Crippen molar-refractivity contribution in [1.82, 2.24) is 9.88 Å². The Balaban J connectivity index is 1.57. The van der Waals surface area contributed by atoms with Crippen LogP contribution in [-0.4, -0.2) is 48.5 Å². The summed E-state index contributed by atoms with van der Waals surface area (Å²) in [7, 11) is 1.63. The first-order valence-corrected chi connectivity index (χ1v) is 8.99. The number of carbonyl (C=O) groups excluding carboxylic acids is 2. The maximum Gasteiger partial charge on any atom is 0.266 e. The number of anilines is 1. The van der Waals surface area contributed by atoms with Gasteiger partial charge in [0.15, 0.2) is 18.2 Å². The molecule has 1 aromatic carbocycles. The van der Waals surface area contributed by atoms with Gasteiger partial charge in [-0.15, -0.1) is 0 Å². The summed E-state index contributed by atoms with van der Waals surface area (Å²) in [5, 5.41) is 0. The van der Waals surface area contributed by atoms with Crippen molar-refractivity contribution in [2.45, 2.75) is 18.9 Å². The summed E-state index contributed by atoms with van der Waals surface area (Å²) in [6, 6.07) is 11.2. The van der Waals surface area contributed by atoms with Gasteiger partial charge in [0.2, 0.25) is 5.91 Å². The lowest BCUT2D eigenvalue weighted by Crippen LogP contribution is -2.46. The smallest absolute Gasteiger partial charge is 0.266 e. The number of carbonyl (C=O) groups is 2. The normalized spacial score (nSPS) is 18.9. The van der Waals surface area contributed by atoms with Crippen molar-refractivity contribution < 1.29 is 19.1 Å². The van der Waals surface area contributed by atoms with E-state index < -0.39 is 0 Å². The molecule has 4 rings (SSSR count). The zero-order valence-electron chi connectivity index (χ0n) is 15.1. The molecule has 2 amide bonds. The fourth-order valence-electron chi connectivity index (χ4n) is 3.75. The van der Waals surface area contributed by atoms with Crippen molar-refractivity contribution in [3.8, 4) is 11.5 Å². The molecule has 2 aliphatic rings. The maximum absolute atomic E-state index is 13.1. The minimum Gasteiger partial charge on any atom is -0.496 e. The molecule has 0 spiro atoms. The molecule has 0 N–H and O–H groups in total. The van der Waals surface area contributed by atoms with Gasteiger partial charge in [0.05, 0.1) is 13.2 Å². The Morgan fingerprint density at radius 1 is 1.30 bits per heavy atom. The molecule has 3 heterocycles. The van der Waals surface area contributed by atoms with Crippen LogP contribution in [0, 0.1) is 0 Å². The van der Waals surface area contributed by atoms with E-state index >= 15 is 0 Å². The van der Waals surface area contributed by atoms with Gasteiger partial charge in [0, 0.05) is 18.3 Å². The van der Waals surface area contributed by atoms with Crippen LogP contribution < -0.4 is 14.4 Å². The van der Waals surface area contributed by atoms with Crippen molar-refractivity contribution in [3.05, 3.63) is 48.2 Å². The number of rotatable bonds is 4. The molecule has 0 bridgehead atoms. The van der Waals surface area contributed by atoms with Crippen LogP contribution in [0.2, 0.25) is 0 Å². The van der Waals surface area contributed by atoms with Crippen molar-refractivity contribution in [3.63, 3.8) is 0 Å². The molecule has 7 heteroatoms. The molecule has 1 aromatic heterocycles. The van der Waals surface area contributed by atoms with Gasteiger partial charge in [-0.2, -0.15) is 0 Å². The van der Waals surface area contributed by atoms with Gasteiger partial charge in [-0.25, -0.2) is 4.98 Å². The van der Waals surface area contributed by atoms with E-state index in [-0.39, 0.29) is 31.0 Å². The second kappa shape index (κ2) is 7.26. The van der Waals surface area contributed by atoms with E-state index in [0.717, 1.165) is 24.2 Å². The summed E-state index contributed by atoms with van der Waals surface area (Å²) in [6.07, 6.45) is 3.38. The number of benzene rings is 1. The average Bonchev–Trinajstić information content (AvgIpc) is 3.20. The lowest BCUT2D eigenvalue weighted by Gasteiger charge is -2.31. The lowest BCUT2D eigenvalue weighted by atomic mass is 10.0. The van der Waals surface area contributed by atoms with Gasteiger partial charge in [-0.3, -0.25) is 14.5 Å². The summed E-state index contributed by atoms with van der Waals surface area (Å²) in [5.74, 6) is 1.33. The first-order valence-electron chi connectivity index (χ1n) is 8.99. The quantitative estimate of drug-likeness (QED) is 0.828. The summed E-state index contributed by atoms with van der Waals surface area (Å²) in [4.78, 5) is 32.9. The Morgan fingerprint density at radius 3 is 3.00 bits per heavy atom. The van der Waals surface area contributed by atoms with Crippen LogP contribution in [0.5, 0.6) is 11.5 Å². The first kappa shape index (κ1) is 17.3.